The molecule has 30 heavy (non-hydrogen) atoms. The normalized spacial score (nSPS) is 15.9. The number of rotatable bonds is 7. The average Bonchev–Trinajstić information content (AvgIpc) is 3.28. The molecule has 2 aromatic carbocycles. The van der Waals surface area contributed by atoms with Gasteiger partial charge in [-0.25, -0.2) is 4.98 Å². The van der Waals surface area contributed by atoms with Crippen LogP contribution in [0.5, 0.6) is 11.5 Å². The Kier molecular flexibility index (Phi) is 6.01. The first-order chi connectivity index (χ1) is 14.7. The third-order valence-corrected chi connectivity index (χ3v) is 5.48. The van der Waals surface area contributed by atoms with Gasteiger partial charge in [0.15, 0.2) is 0 Å². The second-order valence-electron chi connectivity index (χ2n) is 7.45. The molecule has 1 fully saturated rings. The van der Waals surface area contributed by atoms with Crippen LogP contribution < -0.4 is 19.7 Å². The number of ether oxygens (including phenoxy) is 2. The van der Waals surface area contributed by atoms with Crippen LogP contribution in [0.3, 0.4) is 0 Å². The van der Waals surface area contributed by atoms with Crippen molar-refractivity contribution in [2.75, 3.05) is 45.3 Å². The standard InChI is InChI=1S/C24H26N4O2/c1-26-10-12-30-19-5-3-18(4-6-19)22-14-24(28-11-9-17(15-25)16-28)21-8-7-20(29-2)13-23(21)27-22/h3-8,13-14,17,26H,9-12,16H2,1-2H3. The molecule has 2 heterocycles. The zero-order chi connectivity index (χ0) is 20.9. The molecule has 1 aromatic heterocycles. The number of methoxy groups -OCH3 is 1. The maximum Gasteiger partial charge on any atom is 0.121 e. The lowest BCUT2D eigenvalue weighted by Crippen LogP contribution is -2.19. The quantitative estimate of drug-likeness (QED) is 0.605. The van der Waals surface area contributed by atoms with Crippen molar-refractivity contribution in [3.8, 4) is 28.8 Å². The summed E-state index contributed by atoms with van der Waals surface area (Å²) in [7, 11) is 3.57. The zero-order valence-electron chi connectivity index (χ0n) is 17.4. The number of pyridine rings is 1. The zero-order valence-corrected chi connectivity index (χ0v) is 17.4. The fraction of sp³-hybridized carbons (Fsp3) is 0.333. The van der Waals surface area contributed by atoms with Crippen LogP contribution in [0.2, 0.25) is 0 Å². The molecule has 1 aliphatic rings. The average molecular weight is 402 g/mol. The van der Waals surface area contributed by atoms with Crippen LogP contribution in [0.25, 0.3) is 22.2 Å². The molecular formula is C24H26N4O2. The van der Waals surface area contributed by atoms with Crippen LogP contribution in [0.4, 0.5) is 5.69 Å². The molecule has 4 rings (SSSR count). The second-order valence-corrected chi connectivity index (χ2v) is 7.45. The first kappa shape index (κ1) is 20.0. The molecule has 0 saturated carbocycles. The fourth-order valence-electron chi connectivity index (χ4n) is 3.80. The van der Waals surface area contributed by atoms with Gasteiger partial charge < -0.3 is 19.7 Å². The van der Waals surface area contributed by atoms with Gasteiger partial charge in [-0.15, -0.1) is 0 Å². The second kappa shape index (κ2) is 9.02. The topological polar surface area (TPSA) is 70.4 Å². The largest absolute Gasteiger partial charge is 0.497 e. The fourth-order valence-corrected chi connectivity index (χ4v) is 3.80. The van der Waals surface area contributed by atoms with E-state index in [-0.39, 0.29) is 5.92 Å². The minimum Gasteiger partial charge on any atom is -0.497 e. The number of aromatic nitrogens is 1. The molecular weight excluding hydrogens is 376 g/mol. The number of anilines is 1. The van der Waals surface area contributed by atoms with E-state index in [0.717, 1.165) is 65.4 Å². The van der Waals surface area contributed by atoms with Gasteiger partial charge >= 0.3 is 0 Å². The summed E-state index contributed by atoms with van der Waals surface area (Å²) in [5.41, 5.74) is 3.92. The Labute approximate surface area is 177 Å². The lowest BCUT2D eigenvalue weighted by Gasteiger charge is -2.21. The van der Waals surface area contributed by atoms with Crippen LogP contribution in [0, 0.1) is 17.2 Å². The highest BCUT2D eigenvalue weighted by molar-refractivity contribution is 5.95. The van der Waals surface area contributed by atoms with E-state index in [9.17, 15) is 5.26 Å². The Morgan fingerprint density at radius 3 is 2.67 bits per heavy atom. The summed E-state index contributed by atoms with van der Waals surface area (Å²) in [4.78, 5) is 7.20. The van der Waals surface area contributed by atoms with Crippen LogP contribution >= 0.6 is 0 Å². The van der Waals surface area contributed by atoms with Crippen molar-refractivity contribution in [2.24, 2.45) is 5.92 Å². The molecule has 0 spiro atoms. The molecule has 3 aromatic rings. The molecule has 0 amide bonds. The first-order valence-electron chi connectivity index (χ1n) is 10.2. The first-order valence-corrected chi connectivity index (χ1v) is 10.2. The highest BCUT2D eigenvalue weighted by Gasteiger charge is 2.24. The Balaban J connectivity index is 1.72. The molecule has 1 N–H and O–H groups in total. The van der Waals surface area contributed by atoms with Crippen LogP contribution in [-0.2, 0) is 0 Å². The Hall–Kier alpha value is -3.30. The number of benzene rings is 2. The molecule has 0 radical (unpaired) electrons. The highest BCUT2D eigenvalue weighted by Crippen LogP contribution is 2.35. The van der Waals surface area contributed by atoms with Gasteiger partial charge in [0, 0.05) is 42.3 Å². The van der Waals surface area contributed by atoms with Crippen molar-refractivity contribution < 1.29 is 9.47 Å². The molecule has 6 heteroatoms. The number of nitriles is 1. The van der Waals surface area contributed by atoms with Gasteiger partial charge in [0.1, 0.15) is 18.1 Å². The van der Waals surface area contributed by atoms with E-state index in [0.29, 0.717) is 6.61 Å². The van der Waals surface area contributed by atoms with E-state index in [1.165, 1.54) is 0 Å². The molecule has 0 bridgehead atoms. The van der Waals surface area contributed by atoms with Crippen molar-refractivity contribution in [3.63, 3.8) is 0 Å². The summed E-state index contributed by atoms with van der Waals surface area (Å²) in [6, 6.07) is 18.5. The van der Waals surface area contributed by atoms with Crippen molar-refractivity contribution in [2.45, 2.75) is 6.42 Å². The van der Waals surface area contributed by atoms with Crippen molar-refractivity contribution in [3.05, 3.63) is 48.5 Å². The summed E-state index contributed by atoms with van der Waals surface area (Å²) < 4.78 is 11.1. The lowest BCUT2D eigenvalue weighted by atomic mass is 10.1. The molecule has 1 unspecified atom stereocenters. The van der Waals surface area contributed by atoms with Crippen LogP contribution in [0.1, 0.15) is 6.42 Å². The van der Waals surface area contributed by atoms with Crippen molar-refractivity contribution >= 4 is 16.6 Å². The van der Waals surface area contributed by atoms with Crippen molar-refractivity contribution in [1.82, 2.24) is 10.3 Å². The van der Waals surface area contributed by atoms with E-state index < -0.39 is 0 Å². The van der Waals surface area contributed by atoms with E-state index in [1.807, 2.05) is 43.4 Å². The van der Waals surface area contributed by atoms with Crippen LogP contribution in [0.15, 0.2) is 48.5 Å². The van der Waals surface area contributed by atoms with Gasteiger partial charge in [-0.2, -0.15) is 5.26 Å². The minimum atomic E-state index is 0.0731. The summed E-state index contributed by atoms with van der Waals surface area (Å²) in [6.45, 7) is 3.06. The predicted molar refractivity (Wildman–Crippen MR) is 119 cm³/mol. The maximum absolute atomic E-state index is 9.33. The molecule has 1 aliphatic heterocycles. The molecule has 1 saturated heterocycles. The van der Waals surface area contributed by atoms with Gasteiger partial charge in [-0.3, -0.25) is 0 Å². The highest BCUT2D eigenvalue weighted by atomic mass is 16.5. The van der Waals surface area contributed by atoms with Gasteiger partial charge in [-0.1, -0.05) is 0 Å². The summed E-state index contributed by atoms with van der Waals surface area (Å²) in [5.74, 6) is 1.69. The predicted octanol–water partition coefficient (Wildman–Crippen LogP) is 3.86. The summed E-state index contributed by atoms with van der Waals surface area (Å²) in [6.07, 6.45) is 0.893. The number of likely N-dealkylation sites (N-methyl/N-ethyl adjacent to an activating group) is 1. The van der Waals surface area contributed by atoms with E-state index in [2.05, 4.69) is 28.4 Å². The molecule has 1 atom stereocenters. The van der Waals surface area contributed by atoms with Gasteiger partial charge in [0.25, 0.3) is 0 Å². The van der Waals surface area contributed by atoms with Crippen LogP contribution in [-0.4, -0.2) is 45.4 Å². The number of nitrogens with zero attached hydrogens (tertiary/aromatic N) is 3. The van der Waals surface area contributed by atoms with E-state index in [1.54, 1.807) is 7.11 Å². The van der Waals surface area contributed by atoms with E-state index in [4.69, 9.17) is 14.5 Å². The maximum atomic E-state index is 9.33. The number of fused-ring (bicyclic) bond motifs is 1. The van der Waals surface area contributed by atoms with Crippen molar-refractivity contribution in [1.29, 1.82) is 5.26 Å². The minimum absolute atomic E-state index is 0.0731. The lowest BCUT2D eigenvalue weighted by molar-refractivity contribution is 0.318. The Morgan fingerprint density at radius 2 is 1.97 bits per heavy atom. The molecule has 6 nitrogen and oxygen atoms in total. The number of hydrogen-bond donors (Lipinski definition) is 1. The van der Waals surface area contributed by atoms with Gasteiger partial charge in [0.2, 0.25) is 0 Å². The van der Waals surface area contributed by atoms with Gasteiger partial charge in [0.05, 0.1) is 30.3 Å². The SMILES string of the molecule is CNCCOc1ccc(-c2cc(N3CCC(C#N)C3)c3ccc(OC)cc3n2)cc1. The third-order valence-electron chi connectivity index (χ3n) is 5.48. The molecule has 0 aliphatic carbocycles. The number of nitrogens with one attached hydrogen (secondary N) is 1. The molecule has 154 valence electrons. The monoisotopic (exact) mass is 402 g/mol. The Bertz CT molecular complexity index is 1060. The summed E-state index contributed by atoms with van der Waals surface area (Å²) >= 11 is 0. The number of hydrogen-bond acceptors (Lipinski definition) is 6. The van der Waals surface area contributed by atoms with E-state index >= 15 is 0 Å². The summed E-state index contributed by atoms with van der Waals surface area (Å²) in [5, 5.41) is 13.5. The Morgan fingerprint density at radius 1 is 1.17 bits per heavy atom. The van der Waals surface area contributed by atoms with Gasteiger partial charge in [-0.05, 0) is 55.9 Å². The smallest absolute Gasteiger partial charge is 0.121 e. The third kappa shape index (κ3) is 4.17.